The second-order valence-electron chi connectivity index (χ2n) is 9.30. The number of fused-ring (bicyclic) bond motifs is 1. The van der Waals surface area contributed by atoms with Crippen molar-refractivity contribution in [3.8, 4) is 0 Å². The lowest BCUT2D eigenvalue weighted by Gasteiger charge is -2.27. The number of carbonyl (C=O) groups is 1. The molecular weight excluding hydrogens is 526 g/mol. The van der Waals surface area contributed by atoms with Gasteiger partial charge in [0.15, 0.2) is 5.58 Å². The smallest absolute Gasteiger partial charge is 0.407 e. The van der Waals surface area contributed by atoms with Gasteiger partial charge in [0, 0.05) is 31.4 Å². The fourth-order valence-corrected chi connectivity index (χ4v) is 6.17. The van der Waals surface area contributed by atoms with Crippen LogP contribution in [0.1, 0.15) is 30.7 Å². The van der Waals surface area contributed by atoms with Gasteiger partial charge in [0.05, 0.1) is 15.3 Å². The third-order valence-electron chi connectivity index (χ3n) is 5.79. The van der Waals surface area contributed by atoms with Crippen molar-refractivity contribution in [3.63, 3.8) is 0 Å². The Labute approximate surface area is 225 Å². The van der Waals surface area contributed by atoms with Crippen LogP contribution in [0.4, 0.5) is 10.8 Å². The first-order valence-electron chi connectivity index (χ1n) is 12.2. The van der Waals surface area contributed by atoms with Gasteiger partial charge in [-0.1, -0.05) is 44.2 Å². The Morgan fingerprint density at radius 3 is 2.71 bits per heavy atom. The van der Waals surface area contributed by atoms with Crippen molar-refractivity contribution in [2.24, 2.45) is 5.92 Å². The summed E-state index contributed by atoms with van der Waals surface area (Å²) in [7, 11) is -3.86. The first-order valence-corrected chi connectivity index (χ1v) is 14.5. The molecule has 0 unspecified atom stereocenters. The van der Waals surface area contributed by atoms with Crippen LogP contribution in [0.3, 0.4) is 0 Å². The molecule has 202 valence electrons. The molecule has 2 aromatic heterocycles. The predicted molar refractivity (Wildman–Crippen MR) is 146 cm³/mol. The summed E-state index contributed by atoms with van der Waals surface area (Å²) in [4.78, 5) is 21.5. The fourth-order valence-electron chi connectivity index (χ4n) is 4.03. The van der Waals surface area contributed by atoms with Crippen LogP contribution in [-0.2, 0) is 27.8 Å². The number of nitrogens with one attached hydrogen (secondary N) is 1. The van der Waals surface area contributed by atoms with Gasteiger partial charge >= 0.3 is 6.09 Å². The van der Waals surface area contributed by atoms with Crippen LogP contribution in [0.15, 0.2) is 69.6 Å². The van der Waals surface area contributed by atoms with Crippen molar-refractivity contribution in [3.05, 3.63) is 70.7 Å². The highest BCUT2D eigenvalue weighted by Gasteiger charge is 2.27. The van der Waals surface area contributed by atoms with E-state index < -0.39 is 16.1 Å². The number of benzene rings is 2. The summed E-state index contributed by atoms with van der Waals surface area (Å²) < 4.78 is 39.5. The summed E-state index contributed by atoms with van der Waals surface area (Å²) >= 11 is 1.40. The van der Waals surface area contributed by atoms with Gasteiger partial charge in [0.25, 0.3) is 6.01 Å². The third kappa shape index (κ3) is 7.30. The number of alkyl carbamates (subject to hydrolysis) is 1. The number of carbonyl (C=O) groups excluding carboxylic acids is 1. The number of oxazole rings is 1. The maximum atomic E-state index is 13.7. The molecule has 0 saturated heterocycles. The van der Waals surface area contributed by atoms with Crippen LogP contribution >= 0.6 is 11.3 Å². The number of hydrogen-bond acceptors (Lipinski definition) is 9. The molecule has 0 aliphatic rings. The molecule has 1 atom stereocenters. The van der Waals surface area contributed by atoms with E-state index in [1.54, 1.807) is 17.8 Å². The molecule has 0 fully saturated rings. The molecule has 0 saturated carbocycles. The van der Waals surface area contributed by atoms with Gasteiger partial charge in [-0.25, -0.2) is 13.2 Å². The lowest BCUT2D eigenvalue weighted by atomic mass is 10.0. The Bertz CT molecular complexity index is 1440. The molecule has 1 amide bonds. The van der Waals surface area contributed by atoms with Crippen LogP contribution in [0, 0.1) is 5.92 Å². The molecule has 2 heterocycles. The van der Waals surface area contributed by atoms with Gasteiger partial charge in [0.1, 0.15) is 12.1 Å². The number of ether oxygens (including phenoxy) is 1. The van der Waals surface area contributed by atoms with Gasteiger partial charge in [0.2, 0.25) is 10.0 Å². The fraction of sp³-hybridized carbons (Fsp3) is 0.346. The zero-order valence-electron chi connectivity index (χ0n) is 21.2. The summed E-state index contributed by atoms with van der Waals surface area (Å²) in [6.45, 7) is 4.55. The second kappa shape index (κ2) is 12.4. The summed E-state index contributed by atoms with van der Waals surface area (Å²) in [5.41, 5.74) is 9.11. The third-order valence-corrected chi connectivity index (χ3v) is 8.40. The monoisotopic (exact) mass is 557 g/mol. The first-order chi connectivity index (χ1) is 18.2. The molecule has 0 spiro atoms. The van der Waals surface area contributed by atoms with Crippen molar-refractivity contribution in [1.82, 2.24) is 19.6 Å². The Hall–Kier alpha value is -3.48. The van der Waals surface area contributed by atoms with E-state index in [4.69, 9.17) is 14.9 Å². The van der Waals surface area contributed by atoms with E-state index in [-0.39, 0.29) is 36.0 Å². The topological polar surface area (TPSA) is 141 Å². The van der Waals surface area contributed by atoms with Crippen molar-refractivity contribution in [2.75, 3.05) is 18.8 Å². The lowest BCUT2D eigenvalue weighted by Crippen LogP contribution is -2.42. The highest BCUT2D eigenvalue weighted by Crippen LogP contribution is 2.24. The largest absolute Gasteiger partial charge is 0.444 e. The Kier molecular flexibility index (Phi) is 8.97. The molecule has 10 nitrogen and oxygen atoms in total. The van der Waals surface area contributed by atoms with Crippen LogP contribution in [0.2, 0.25) is 0 Å². The molecule has 0 aliphatic carbocycles. The minimum Gasteiger partial charge on any atom is -0.444 e. The van der Waals surface area contributed by atoms with Gasteiger partial charge in [-0.05, 0) is 36.5 Å². The molecule has 38 heavy (non-hydrogen) atoms. The Morgan fingerprint density at radius 2 is 2.00 bits per heavy atom. The van der Waals surface area contributed by atoms with Crippen molar-refractivity contribution >= 4 is 44.6 Å². The van der Waals surface area contributed by atoms with Crippen LogP contribution in [0.5, 0.6) is 0 Å². The number of nitrogen functional groups attached to an aromatic ring is 1. The average Bonchev–Trinajstić information content (AvgIpc) is 3.53. The summed E-state index contributed by atoms with van der Waals surface area (Å²) in [6.07, 6.45) is 1.99. The Balaban J connectivity index is 1.50. The van der Waals surface area contributed by atoms with Crippen LogP contribution < -0.4 is 11.1 Å². The molecule has 0 radical (unpaired) electrons. The van der Waals surface area contributed by atoms with Crippen molar-refractivity contribution < 1.29 is 22.4 Å². The molecule has 0 bridgehead atoms. The van der Waals surface area contributed by atoms with Crippen LogP contribution in [-0.4, -0.2) is 47.9 Å². The number of nitrogens with zero attached hydrogens (tertiary/aromatic N) is 3. The van der Waals surface area contributed by atoms with E-state index in [1.165, 1.54) is 27.8 Å². The van der Waals surface area contributed by atoms with E-state index in [2.05, 4.69) is 15.3 Å². The number of aromatic nitrogens is 2. The highest BCUT2D eigenvalue weighted by molar-refractivity contribution is 7.89. The molecular formula is C26H31N5O5S2. The zero-order chi connectivity index (χ0) is 27.1. The number of anilines is 1. The standard InChI is InChI=1S/C26H31N5O5S2/c1-18(2)15-31(38(33,34)22-8-9-23-24(13-22)36-25(27)30-23)11-10-20(12-19-6-4-3-5-7-19)29-26(32)35-16-21-14-28-17-37-21/h3-9,13-14,17-18,20H,10-12,15-16H2,1-2H3,(H2,27,30)(H,29,32)/t20-/m0/s1. The second-order valence-corrected chi connectivity index (χ2v) is 12.2. The number of sulfonamides is 1. The van der Waals surface area contributed by atoms with Crippen LogP contribution in [0.25, 0.3) is 11.1 Å². The minimum absolute atomic E-state index is 0.0226. The van der Waals surface area contributed by atoms with Crippen molar-refractivity contribution in [2.45, 2.75) is 44.2 Å². The number of hydrogen-bond donors (Lipinski definition) is 2. The molecule has 3 N–H and O–H groups in total. The molecule has 2 aromatic carbocycles. The number of nitrogens with two attached hydrogens (primary N) is 1. The zero-order valence-corrected chi connectivity index (χ0v) is 22.9. The lowest BCUT2D eigenvalue weighted by molar-refractivity contribution is 0.135. The average molecular weight is 558 g/mol. The summed E-state index contributed by atoms with van der Waals surface area (Å²) in [5.74, 6) is 0.0827. The van der Waals surface area contributed by atoms with E-state index in [0.29, 0.717) is 30.5 Å². The summed E-state index contributed by atoms with van der Waals surface area (Å²) in [6, 6.07) is 13.9. The maximum Gasteiger partial charge on any atom is 0.407 e. The van der Waals surface area contributed by atoms with Gasteiger partial charge in [-0.15, -0.1) is 11.3 Å². The van der Waals surface area contributed by atoms with E-state index in [9.17, 15) is 13.2 Å². The number of amides is 1. The van der Waals surface area contributed by atoms with E-state index in [0.717, 1.165) is 10.4 Å². The van der Waals surface area contributed by atoms with Gasteiger partial charge < -0.3 is 20.2 Å². The number of thiazole rings is 1. The Morgan fingerprint density at radius 1 is 1.21 bits per heavy atom. The SMILES string of the molecule is CC(C)CN(CC[C@@H](Cc1ccccc1)NC(=O)OCc1cncs1)S(=O)(=O)c1ccc2nc(N)oc2c1. The highest BCUT2D eigenvalue weighted by atomic mass is 32.2. The van der Waals surface area contributed by atoms with Crippen molar-refractivity contribution in [1.29, 1.82) is 0 Å². The minimum atomic E-state index is -3.86. The first kappa shape index (κ1) is 27.6. The predicted octanol–water partition coefficient (Wildman–Crippen LogP) is 4.44. The van der Waals surface area contributed by atoms with Gasteiger partial charge in [-0.2, -0.15) is 9.29 Å². The molecule has 12 heteroatoms. The normalized spacial score (nSPS) is 12.7. The van der Waals surface area contributed by atoms with E-state index >= 15 is 0 Å². The molecule has 0 aliphatic heterocycles. The quantitative estimate of drug-likeness (QED) is 0.260. The number of rotatable bonds is 12. The molecule has 4 aromatic rings. The maximum absolute atomic E-state index is 13.7. The molecule has 4 rings (SSSR count). The summed E-state index contributed by atoms with van der Waals surface area (Å²) in [5, 5.41) is 2.92. The van der Waals surface area contributed by atoms with Gasteiger partial charge in [-0.3, -0.25) is 4.98 Å². The van der Waals surface area contributed by atoms with E-state index in [1.807, 2.05) is 44.2 Å².